The molecule has 0 saturated heterocycles. The van der Waals surface area contributed by atoms with Gasteiger partial charge in [0.1, 0.15) is 0 Å². The Hall–Kier alpha value is -3.99. The molecule has 0 radical (unpaired) electrons. The third kappa shape index (κ3) is 7.04. The number of anilines is 1. The first-order chi connectivity index (χ1) is 17.6. The van der Waals surface area contributed by atoms with Gasteiger partial charge >= 0.3 is 0 Å². The number of hydrogen-bond acceptors (Lipinski definition) is 7. The summed E-state index contributed by atoms with van der Waals surface area (Å²) in [4.78, 5) is 36.0. The van der Waals surface area contributed by atoms with E-state index in [-0.39, 0.29) is 29.2 Å². The summed E-state index contributed by atoms with van der Waals surface area (Å²) in [5.41, 5.74) is 2.68. The molecule has 2 amide bonds. The Labute approximate surface area is 219 Å². The third-order valence-electron chi connectivity index (χ3n) is 5.63. The Morgan fingerprint density at radius 1 is 1.16 bits per heavy atom. The number of non-ortho nitro benzene ring substituents is 1. The van der Waals surface area contributed by atoms with Crippen molar-refractivity contribution in [1.29, 1.82) is 0 Å². The van der Waals surface area contributed by atoms with Crippen molar-refractivity contribution in [2.45, 2.75) is 45.4 Å². The molecular weight excluding hydrogens is 492 g/mol. The topological polar surface area (TPSA) is 132 Å². The zero-order valence-corrected chi connectivity index (χ0v) is 22.0. The average molecular weight is 523 g/mol. The molecule has 0 aliphatic carbocycles. The average Bonchev–Trinajstić information content (AvgIpc) is 3.24. The number of carbonyl (C=O) groups excluding carboxylic acids is 2. The number of nitrogens with one attached hydrogen (secondary N) is 2. The highest BCUT2D eigenvalue weighted by Gasteiger charge is 2.26. The molecule has 11 heteroatoms. The molecule has 0 bridgehead atoms. The molecule has 0 spiro atoms. The molecule has 1 heterocycles. The number of nitro groups is 1. The molecule has 10 nitrogen and oxygen atoms in total. The first-order valence-corrected chi connectivity index (χ1v) is 12.7. The van der Waals surface area contributed by atoms with Gasteiger partial charge in [0, 0.05) is 29.9 Å². The molecular formula is C26H30N6O4S. The van der Waals surface area contributed by atoms with Gasteiger partial charge in [0.15, 0.2) is 11.0 Å². The highest BCUT2D eigenvalue weighted by atomic mass is 32.2. The van der Waals surface area contributed by atoms with Gasteiger partial charge in [-0.2, -0.15) is 0 Å². The number of aryl methyl sites for hydroxylation is 2. The van der Waals surface area contributed by atoms with E-state index in [0.717, 1.165) is 5.56 Å². The summed E-state index contributed by atoms with van der Waals surface area (Å²) in [6.45, 7) is 11.8. The number of allylic oxidation sites excluding steroid dienone is 1. The number of rotatable bonds is 11. The van der Waals surface area contributed by atoms with Crippen LogP contribution in [0.25, 0.3) is 0 Å². The highest BCUT2D eigenvalue weighted by Crippen LogP contribution is 2.26. The predicted octanol–water partition coefficient (Wildman–Crippen LogP) is 4.85. The summed E-state index contributed by atoms with van der Waals surface area (Å²) in [7, 11) is 0. The smallest absolute Gasteiger partial charge is 0.269 e. The molecule has 37 heavy (non-hydrogen) atoms. The minimum absolute atomic E-state index is 0.0217. The molecule has 2 N–H and O–H groups in total. The molecule has 1 atom stereocenters. The Balaban J connectivity index is 1.74. The maximum absolute atomic E-state index is 12.9. The first-order valence-electron chi connectivity index (χ1n) is 11.7. The minimum Gasteiger partial charge on any atom is -0.342 e. The fourth-order valence-corrected chi connectivity index (χ4v) is 4.37. The molecule has 3 aromatic rings. The second-order valence-corrected chi connectivity index (χ2v) is 9.84. The van der Waals surface area contributed by atoms with Gasteiger partial charge < -0.3 is 15.2 Å². The Morgan fingerprint density at radius 2 is 1.86 bits per heavy atom. The first kappa shape index (κ1) is 27.6. The molecule has 3 rings (SSSR count). The number of amides is 2. The van der Waals surface area contributed by atoms with Crippen molar-refractivity contribution in [3.8, 4) is 0 Å². The van der Waals surface area contributed by atoms with Crippen LogP contribution in [-0.2, 0) is 11.3 Å². The van der Waals surface area contributed by atoms with Crippen LogP contribution in [0.5, 0.6) is 0 Å². The van der Waals surface area contributed by atoms with Gasteiger partial charge in [-0.15, -0.1) is 16.8 Å². The van der Waals surface area contributed by atoms with Crippen LogP contribution in [0, 0.1) is 29.9 Å². The standard InChI is InChI=1S/C26H30N6O4S/c1-6-13-31-24(23(16(2)3)28-25(34)19-9-7-17(4)8-10-19)29-30-26(31)37-15-22(33)27-21-12-11-20(32(35)36)14-18(21)5/h6-12,14,16,23H,1,13,15H2,2-5H3,(H,27,33)(H,28,34). The van der Waals surface area contributed by atoms with Crippen molar-refractivity contribution in [2.75, 3.05) is 11.1 Å². The van der Waals surface area contributed by atoms with Crippen molar-refractivity contribution >= 4 is 35.0 Å². The van der Waals surface area contributed by atoms with Crippen molar-refractivity contribution in [3.05, 3.63) is 87.7 Å². The maximum atomic E-state index is 12.9. The largest absolute Gasteiger partial charge is 0.342 e. The number of thioether (sulfide) groups is 1. The molecule has 0 fully saturated rings. The van der Waals surface area contributed by atoms with E-state index in [9.17, 15) is 19.7 Å². The van der Waals surface area contributed by atoms with E-state index >= 15 is 0 Å². The number of benzene rings is 2. The summed E-state index contributed by atoms with van der Waals surface area (Å²) >= 11 is 1.20. The lowest BCUT2D eigenvalue weighted by Gasteiger charge is -2.22. The van der Waals surface area contributed by atoms with Crippen LogP contribution in [0.3, 0.4) is 0 Å². The van der Waals surface area contributed by atoms with E-state index in [0.29, 0.717) is 34.3 Å². The van der Waals surface area contributed by atoms with Gasteiger partial charge in [-0.25, -0.2) is 0 Å². The van der Waals surface area contributed by atoms with Crippen LogP contribution >= 0.6 is 11.8 Å². The van der Waals surface area contributed by atoms with Crippen LogP contribution in [0.2, 0.25) is 0 Å². The zero-order chi connectivity index (χ0) is 27.1. The lowest BCUT2D eigenvalue weighted by atomic mass is 10.0. The molecule has 0 aliphatic rings. The highest BCUT2D eigenvalue weighted by molar-refractivity contribution is 7.99. The fraction of sp³-hybridized carbons (Fsp3) is 0.308. The van der Waals surface area contributed by atoms with Gasteiger partial charge in [-0.05, 0) is 43.5 Å². The van der Waals surface area contributed by atoms with Crippen molar-refractivity contribution in [1.82, 2.24) is 20.1 Å². The van der Waals surface area contributed by atoms with Crippen LogP contribution < -0.4 is 10.6 Å². The predicted molar refractivity (Wildman–Crippen MR) is 144 cm³/mol. The Morgan fingerprint density at radius 3 is 2.46 bits per heavy atom. The summed E-state index contributed by atoms with van der Waals surface area (Å²) in [5.74, 6) is 0.148. The quantitative estimate of drug-likeness (QED) is 0.159. The van der Waals surface area contributed by atoms with Gasteiger partial charge in [0.25, 0.3) is 11.6 Å². The summed E-state index contributed by atoms with van der Waals surface area (Å²) < 4.78 is 1.84. The van der Waals surface area contributed by atoms with Crippen molar-refractivity contribution in [3.63, 3.8) is 0 Å². The number of carbonyl (C=O) groups is 2. The van der Waals surface area contributed by atoms with Crippen LogP contribution in [0.15, 0.2) is 60.3 Å². The molecule has 1 unspecified atom stereocenters. The minimum atomic E-state index is -0.480. The number of nitro benzene ring substituents is 1. The number of nitrogens with zero attached hydrogens (tertiary/aromatic N) is 4. The number of hydrogen-bond donors (Lipinski definition) is 2. The Kier molecular flexibility index (Phi) is 9.18. The maximum Gasteiger partial charge on any atom is 0.269 e. The van der Waals surface area contributed by atoms with Gasteiger partial charge in [-0.1, -0.05) is 49.4 Å². The van der Waals surface area contributed by atoms with Crippen LogP contribution in [0.4, 0.5) is 11.4 Å². The van der Waals surface area contributed by atoms with E-state index < -0.39 is 11.0 Å². The lowest BCUT2D eigenvalue weighted by molar-refractivity contribution is -0.384. The lowest BCUT2D eigenvalue weighted by Crippen LogP contribution is -2.33. The second kappa shape index (κ2) is 12.3. The van der Waals surface area contributed by atoms with E-state index in [1.165, 1.54) is 30.0 Å². The molecule has 0 aliphatic heterocycles. The van der Waals surface area contributed by atoms with Gasteiger partial charge in [0.05, 0.1) is 16.7 Å². The van der Waals surface area contributed by atoms with Crippen LogP contribution in [0.1, 0.15) is 47.2 Å². The van der Waals surface area contributed by atoms with Gasteiger partial charge in [0.2, 0.25) is 5.91 Å². The zero-order valence-electron chi connectivity index (χ0n) is 21.2. The second-order valence-electron chi connectivity index (χ2n) is 8.89. The molecule has 1 aromatic heterocycles. The normalized spacial score (nSPS) is 11.7. The number of aromatic nitrogens is 3. The third-order valence-corrected chi connectivity index (χ3v) is 6.60. The van der Waals surface area contributed by atoms with E-state index in [1.54, 1.807) is 25.1 Å². The molecule has 0 saturated carbocycles. The fourth-order valence-electron chi connectivity index (χ4n) is 3.61. The van der Waals surface area contributed by atoms with E-state index in [2.05, 4.69) is 27.4 Å². The van der Waals surface area contributed by atoms with E-state index in [1.807, 2.05) is 37.5 Å². The Bertz CT molecular complexity index is 1300. The summed E-state index contributed by atoms with van der Waals surface area (Å²) in [5, 5.41) is 25.9. The van der Waals surface area contributed by atoms with Crippen molar-refractivity contribution in [2.24, 2.45) is 5.92 Å². The van der Waals surface area contributed by atoms with Crippen molar-refractivity contribution < 1.29 is 14.5 Å². The summed E-state index contributed by atoms with van der Waals surface area (Å²) in [6.07, 6.45) is 1.70. The monoisotopic (exact) mass is 522 g/mol. The molecule has 2 aromatic carbocycles. The van der Waals surface area contributed by atoms with Crippen LogP contribution in [-0.4, -0.2) is 37.3 Å². The van der Waals surface area contributed by atoms with Gasteiger partial charge in [-0.3, -0.25) is 19.7 Å². The summed E-state index contributed by atoms with van der Waals surface area (Å²) in [6, 6.07) is 11.2. The molecule has 194 valence electrons. The van der Waals surface area contributed by atoms with E-state index in [4.69, 9.17) is 0 Å². The SMILES string of the molecule is C=CCn1c(SCC(=O)Nc2ccc([N+](=O)[O-])cc2C)nnc1C(NC(=O)c1ccc(C)cc1)C(C)C.